The van der Waals surface area contributed by atoms with Crippen LogP contribution in [-0.2, 0) is 14.3 Å². The van der Waals surface area contributed by atoms with Gasteiger partial charge in [0.05, 0.1) is 6.04 Å². The van der Waals surface area contributed by atoms with Gasteiger partial charge < -0.3 is 14.3 Å². The standard InChI is InChI=1S/C12H19NO3.C2H6O/c1-7-9-5-8(6-14)13(10(7)9)11(15)16-12(2,3)4;1-3-2/h6-10H,5H2,1-4H3;1-2H3. The van der Waals surface area contributed by atoms with E-state index < -0.39 is 5.60 Å². The fourth-order valence-electron chi connectivity index (χ4n) is 2.64. The minimum Gasteiger partial charge on any atom is -0.444 e. The van der Waals surface area contributed by atoms with Gasteiger partial charge >= 0.3 is 6.09 Å². The van der Waals surface area contributed by atoms with Crippen molar-refractivity contribution in [3.05, 3.63) is 0 Å². The Kier molecular flexibility index (Phi) is 4.96. The van der Waals surface area contributed by atoms with Crippen molar-refractivity contribution in [2.24, 2.45) is 11.8 Å². The van der Waals surface area contributed by atoms with Gasteiger partial charge in [-0.05, 0) is 39.0 Å². The van der Waals surface area contributed by atoms with E-state index in [-0.39, 0.29) is 18.2 Å². The van der Waals surface area contributed by atoms with Crippen LogP contribution in [0.4, 0.5) is 4.79 Å². The summed E-state index contributed by atoms with van der Waals surface area (Å²) < 4.78 is 9.58. The number of methoxy groups -OCH3 is 1. The lowest BCUT2D eigenvalue weighted by Crippen LogP contribution is -2.43. The zero-order valence-corrected chi connectivity index (χ0v) is 12.7. The topological polar surface area (TPSA) is 55.8 Å². The van der Waals surface area contributed by atoms with Gasteiger partial charge in [-0.2, -0.15) is 0 Å². The number of aldehydes is 1. The Labute approximate surface area is 115 Å². The van der Waals surface area contributed by atoms with Gasteiger partial charge in [-0.1, -0.05) is 6.92 Å². The normalized spacial score (nSPS) is 32.0. The molecule has 0 aromatic heterocycles. The van der Waals surface area contributed by atoms with Gasteiger partial charge in [0.25, 0.3) is 0 Å². The largest absolute Gasteiger partial charge is 0.444 e. The second kappa shape index (κ2) is 5.90. The summed E-state index contributed by atoms with van der Waals surface area (Å²) in [5.74, 6) is 1.02. The highest BCUT2D eigenvalue weighted by atomic mass is 16.6. The lowest BCUT2D eigenvalue weighted by Gasteiger charge is -2.28. The third kappa shape index (κ3) is 3.69. The first-order chi connectivity index (χ1) is 8.76. The molecule has 1 amide bonds. The third-order valence-corrected chi connectivity index (χ3v) is 3.47. The Morgan fingerprint density at radius 2 is 1.84 bits per heavy atom. The van der Waals surface area contributed by atoms with E-state index in [0.717, 1.165) is 12.7 Å². The molecule has 5 heteroatoms. The van der Waals surface area contributed by atoms with Crippen LogP contribution in [0.2, 0.25) is 0 Å². The second-order valence-electron chi connectivity index (χ2n) is 6.25. The number of ether oxygens (including phenoxy) is 2. The van der Waals surface area contributed by atoms with Crippen LogP contribution in [0.25, 0.3) is 0 Å². The first kappa shape index (κ1) is 16.0. The van der Waals surface area contributed by atoms with E-state index >= 15 is 0 Å². The second-order valence-corrected chi connectivity index (χ2v) is 6.25. The van der Waals surface area contributed by atoms with E-state index in [9.17, 15) is 9.59 Å². The summed E-state index contributed by atoms with van der Waals surface area (Å²) >= 11 is 0. The summed E-state index contributed by atoms with van der Waals surface area (Å²) in [6, 6.07) is -0.0499. The van der Waals surface area contributed by atoms with E-state index in [2.05, 4.69) is 11.7 Å². The highest BCUT2D eigenvalue weighted by molar-refractivity contribution is 5.76. The molecule has 5 nitrogen and oxygen atoms in total. The first-order valence-corrected chi connectivity index (χ1v) is 6.63. The number of amides is 1. The molecule has 4 unspecified atom stereocenters. The van der Waals surface area contributed by atoms with Gasteiger partial charge in [0, 0.05) is 20.3 Å². The SMILES string of the molecule is CC1C2CC(C=O)N(C(=O)OC(C)(C)C)C12.COC. The molecule has 1 saturated heterocycles. The van der Waals surface area contributed by atoms with Crippen molar-refractivity contribution in [1.29, 1.82) is 0 Å². The van der Waals surface area contributed by atoms with Crippen LogP contribution in [0.3, 0.4) is 0 Å². The summed E-state index contributed by atoms with van der Waals surface area (Å²) in [5.41, 5.74) is -0.499. The molecule has 110 valence electrons. The minimum absolute atomic E-state index is 0.227. The Balaban J connectivity index is 0.000000550. The molecule has 0 aromatic carbocycles. The molecule has 0 N–H and O–H groups in total. The minimum atomic E-state index is -0.499. The molecule has 4 atom stereocenters. The molecule has 19 heavy (non-hydrogen) atoms. The number of rotatable bonds is 1. The number of hydrogen-bond donors (Lipinski definition) is 0. The van der Waals surface area contributed by atoms with Crippen molar-refractivity contribution in [1.82, 2.24) is 4.90 Å². The molecule has 0 spiro atoms. The quantitative estimate of drug-likeness (QED) is 0.685. The summed E-state index contributed by atoms with van der Waals surface area (Å²) in [4.78, 5) is 24.5. The van der Waals surface area contributed by atoms with Crippen LogP contribution in [-0.4, -0.2) is 49.2 Å². The maximum atomic E-state index is 12.0. The maximum Gasteiger partial charge on any atom is 0.411 e. The molecule has 1 saturated carbocycles. The Bertz CT molecular complexity index is 337. The van der Waals surface area contributed by atoms with Crippen molar-refractivity contribution in [3.63, 3.8) is 0 Å². The van der Waals surface area contributed by atoms with Crippen LogP contribution in [0.1, 0.15) is 34.1 Å². The van der Waals surface area contributed by atoms with Crippen molar-refractivity contribution < 1.29 is 19.1 Å². The molecule has 2 rings (SSSR count). The maximum absolute atomic E-state index is 12.0. The summed E-state index contributed by atoms with van der Waals surface area (Å²) in [7, 11) is 3.25. The molecule has 1 aliphatic heterocycles. The van der Waals surface area contributed by atoms with Crippen molar-refractivity contribution in [3.8, 4) is 0 Å². The van der Waals surface area contributed by atoms with Crippen LogP contribution in [0.15, 0.2) is 0 Å². The number of carbonyl (C=O) groups excluding carboxylic acids is 2. The molecule has 2 fully saturated rings. The van der Waals surface area contributed by atoms with E-state index in [1.807, 2.05) is 20.8 Å². The lowest BCUT2D eigenvalue weighted by molar-refractivity contribution is -0.112. The Morgan fingerprint density at radius 1 is 1.32 bits per heavy atom. The summed E-state index contributed by atoms with van der Waals surface area (Å²) in [5, 5.41) is 0. The molecular weight excluding hydrogens is 246 g/mol. The predicted molar refractivity (Wildman–Crippen MR) is 71.9 cm³/mol. The Hall–Kier alpha value is -1.10. The third-order valence-electron chi connectivity index (χ3n) is 3.47. The van der Waals surface area contributed by atoms with E-state index in [1.165, 1.54) is 0 Å². The monoisotopic (exact) mass is 271 g/mol. The fraction of sp³-hybridized carbons (Fsp3) is 0.857. The van der Waals surface area contributed by atoms with Crippen molar-refractivity contribution in [2.45, 2.75) is 51.8 Å². The van der Waals surface area contributed by atoms with Gasteiger partial charge in [-0.25, -0.2) is 4.79 Å². The van der Waals surface area contributed by atoms with Crippen molar-refractivity contribution in [2.75, 3.05) is 14.2 Å². The molecule has 1 heterocycles. The van der Waals surface area contributed by atoms with E-state index in [1.54, 1.807) is 19.1 Å². The van der Waals surface area contributed by atoms with E-state index in [4.69, 9.17) is 4.74 Å². The number of carbonyl (C=O) groups is 2. The Morgan fingerprint density at radius 3 is 2.26 bits per heavy atom. The highest BCUT2D eigenvalue weighted by Crippen LogP contribution is 2.52. The number of fused-ring (bicyclic) bond motifs is 1. The number of likely N-dealkylation sites (tertiary alicyclic amines) is 1. The zero-order chi connectivity index (χ0) is 14.8. The number of piperidine rings is 1. The molecule has 0 bridgehead atoms. The molecule has 0 radical (unpaired) electrons. The average Bonchev–Trinajstić information content (AvgIpc) is 2.76. The number of hydrogen-bond acceptors (Lipinski definition) is 4. The van der Waals surface area contributed by atoms with Crippen molar-refractivity contribution >= 4 is 12.4 Å². The highest BCUT2D eigenvalue weighted by Gasteiger charge is 2.60. The summed E-state index contributed by atoms with van der Waals surface area (Å²) in [6.45, 7) is 7.63. The van der Waals surface area contributed by atoms with Crippen LogP contribution < -0.4 is 0 Å². The zero-order valence-electron chi connectivity index (χ0n) is 12.7. The average molecular weight is 271 g/mol. The van der Waals surface area contributed by atoms with Gasteiger partial charge in [-0.15, -0.1) is 0 Å². The van der Waals surface area contributed by atoms with Gasteiger partial charge in [0.2, 0.25) is 0 Å². The molecule has 2 aliphatic rings. The van der Waals surface area contributed by atoms with Gasteiger partial charge in [0.15, 0.2) is 0 Å². The lowest BCUT2D eigenvalue weighted by atomic mass is 10.1. The smallest absolute Gasteiger partial charge is 0.411 e. The summed E-state index contributed by atoms with van der Waals surface area (Å²) in [6.07, 6.45) is 1.32. The number of nitrogens with zero attached hydrogens (tertiary/aromatic N) is 1. The molecule has 0 aromatic rings. The van der Waals surface area contributed by atoms with Crippen LogP contribution >= 0.6 is 0 Å². The predicted octanol–water partition coefficient (Wildman–Crippen LogP) is 2.09. The molecular formula is C14H25NO4. The van der Waals surface area contributed by atoms with Gasteiger partial charge in [-0.3, -0.25) is 4.90 Å². The van der Waals surface area contributed by atoms with Gasteiger partial charge in [0.1, 0.15) is 11.9 Å². The first-order valence-electron chi connectivity index (χ1n) is 6.63. The van der Waals surface area contributed by atoms with E-state index in [0.29, 0.717) is 11.8 Å². The molecule has 1 aliphatic carbocycles. The van der Waals surface area contributed by atoms with Crippen LogP contribution in [0.5, 0.6) is 0 Å². The van der Waals surface area contributed by atoms with Crippen LogP contribution in [0, 0.1) is 11.8 Å². The fourth-order valence-corrected chi connectivity index (χ4v) is 2.64.